The molecule has 0 aliphatic carbocycles. The van der Waals surface area contributed by atoms with Crippen molar-refractivity contribution in [1.29, 1.82) is 0 Å². The third-order valence-corrected chi connectivity index (χ3v) is 5.40. The fourth-order valence-corrected chi connectivity index (χ4v) is 3.80. The lowest BCUT2D eigenvalue weighted by atomic mass is 10.1. The number of carbonyl (C=O) groups excluding carboxylic acids is 1. The molecule has 0 aliphatic heterocycles. The van der Waals surface area contributed by atoms with Gasteiger partial charge in [-0.25, -0.2) is 4.39 Å². The number of nitrogens with zero attached hydrogens (tertiary/aromatic N) is 4. The molecule has 30 heavy (non-hydrogen) atoms. The van der Waals surface area contributed by atoms with Gasteiger partial charge in [-0.05, 0) is 47.8 Å². The van der Waals surface area contributed by atoms with E-state index >= 15 is 0 Å². The smallest absolute Gasteiger partial charge is 0.258 e. The molecule has 146 valence electrons. The maximum Gasteiger partial charge on any atom is 0.258 e. The molecule has 6 nitrogen and oxygen atoms in total. The second kappa shape index (κ2) is 7.49. The van der Waals surface area contributed by atoms with E-state index in [0.717, 1.165) is 10.4 Å². The van der Waals surface area contributed by atoms with E-state index in [2.05, 4.69) is 20.6 Å². The summed E-state index contributed by atoms with van der Waals surface area (Å²) in [7, 11) is 0. The average Bonchev–Trinajstić information content (AvgIpc) is 3.43. The quantitative estimate of drug-likeness (QED) is 0.453. The van der Waals surface area contributed by atoms with Crippen LogP contribution in [0.4, 0.5) is 10.1 Å². The first kappa shape index (κ1) is 18.1. The van der Waals surface area contributed by atoms with Crippen molar-refractivity contribution < 1.29 is 9.18 Å². The van der Waals surface area contributed by atoms with Gasteiger partial charge in [0.2, 0.25) is 0 Å². The summed E-state index contributed by atoms with van der Waals surface area (Å²) >= 11 is 1.56. The van der Waals surface area contributed by atoms with Crippen LogP contribution < -0.4 is 5.32 Å². The van der Waals surface area contributed by atoms with Gasteiger partial charge in [-0.1, -0.05) is 30.3 Å². The number of hydrogen-bond donors (Lipinski definition) is 1. The third-order valence-electron chi connectivity index (χ3n) is 4.54. The third kappa shape index (κ3) is 3.33. The number of anilines is 1. The Morgan fingerprint density at radius 2 is 1.87 bits per heavy atom. The molecule has 0 atom stereocenters. The lowest BCUT2D eigenvalue weighted by Gasteiger charge is -2.08. The predicted octanol–water partition coefficient (Wildman–Crippen LogP) is 4.91. The number of nitrogens with one attached hydrogen (secondary N) is 1. The Morgan fingerprint density at radius 1 is 0.967 bits per heavy atom. The van der Waals surface area contributed by atoms with E-state index in [4.69, 9.17) is 0 Å². The Kier molecular flexibility index (Phi) is 4.53. The number of halogens is 1. The molecule has 2 aromatic carbocycles. The Hall–Kier alpha value is -3.91. The van der Waals surface area contributed by atoms with Crippen molar-refractivity contribution in [3.8, 4) is 22.0 Å². The van der Waals surface area contributed by atoms with Gasteiger partial charge in [0, 0.05) is 11.3 Å². The van der Waals surface area contributed by atoms with Crippen molar-refractivity contribution in [2.75, 3.05) is 5.32 Å². The molecule has 0 bridgehead atoms. The van der Waals surface area contributed by atoms with E-state index in [1.165, 1.54) is 12.1 Å². The van der Waals surface area contributed by atoms with Crippen LogP contribution in [0.1, 0.15) is 10.4 Å². The number of rotatable bonds is 4. The van der Waals surface area contributed by atoms with Crippen LogP contribution in [-0.4, -0.2) is 25.7 Å². The minimum atomic E-state index is -0.563. The highest BCUT2D eigenvalue weighted by molar-refractivity contribution is 7.13. The zero-order valence-electron chi connectivity index (χ0n) is 15.5. The normalized spacial score (nSPS) is 11.0. The van der Waals surface area contributed by atoms with Crippen LogP contribution in [0.15, 0.2) is 78.2 Å². The molecule has 0 fully saturated rings. The monoisotopic (exact) mass is 415 g/mol. The van der Waals surface area contributed by atoms with Crippen LogP contribution in [0.2, 0.25) is 0 Å². The molecular formula is C22H14FN5OS. The summed E-state index contributed by atoms with van der Waals surface area (Å²) < 4.78 is 15.6. The molecule has 5 aromatic rings. The number of carbonyl (C=O) groups is 1. The summed E-state index contributed by atoms with van der Waals surface area (Å²) in [5.74, 6) is -0.398. The van der Waals surface area contributed by atoms with Gasteiger partial charge >= 0.3 is 0 Å². The summed E-state index contributed by atoms with van der Waals surface area (Å²) in [6, 6.07) is 20.7. The average molecular weight is 415 g/mol. The first-order valence-corrected chi connectivity index (χ1v) is 10.00. The molecule has 0 spiro atoms. The van der Waals surface area contributed by atoms with Crippen LogP contribution in [-0.2, 0) is 0 Å². The standard InChI is InChI=1S/C22H14FN5OS/c23-17-8-2-1-7-16(17)22(29)24-15-6-3-5-14(13-15)18-10-11-20-25-26-21(28(20)27-18)19-9-4-12-30-19/h1-13H,(H,24,29). The molecule has 1 amide bonds. The molecule has 3 heterocycles. The molecule has 0 aliphatic rings. The lowest BCUT2D eigenvalue weighted by Crippen LogP contribution is -2.13. The van der Waals surface area contributed by atoms with Gasteiger partial charge in [-0.2, -0.15) is 9.61 Å². The maximum absolute atomic E-state index is 13.9. The minimum Gasteiger partial charge on any atom is -0.322 e. The fraction of sp³-hybridized carbons (Fsp3) is 0. The molecule has 1 N–H and O–H groups in total. The van der Waals surface area contributed by atoms with Crippen LogP contribution in [0.25, 0.3) is 27.6 Å². The van der Waals surface area contributed by atoms with Crippen LogP contribution in [0.3, 0.4) is 0 Å². The topological polar surface area (TPSA) is 72.2 Å². The highest BCUT2D eigenvalue weighted by Crippen LogP contribution is 2.25. The molecule has 0 saturated heterocycles. The molecular weight excluding hydrogens is 401 g/mol. The number of hydrogen-bond acceptors (Lipinski definition) is 5. The highest BCUT2D eigenvalue weighted by Gasteiger charge is 2.13. The van der Waals surface area contributed by atoms with Gasteiger partial charge in [-0.3, -0.25) is 4.79 Å². The summed E-state index contributed by atoms with van der Waals surface area (Å²) in [6.45, 7) is 0. The zero-order valence-corrected chi connectivity index (χ0v) is 16.3. The second-order valence-electron chi connectivity index (χ2n) is 6.50. The molecule has 3 aromatic heterocycles. The molecule has 0 saturated carbocycles. The number of aromatic nitrogens is 4. The number of fused-ring (bicyclic) bond motifs is 1. The number of benzene rings is 2. The van der Waals surface area contributed by atoms with Crippen LogP contribution in [0, 0.1) is 5.82 Å². The predicted molar refractivity (Wildman–Crippen MR) is 114 cm³/mol. The van der Waals surface area contributed by atoms with Gasteiger partial charge in [0.05, 0.1) is 16.1 Å². The summed E-state index contributed by atoms with van der Waals surface area (Å²) in [6.07, 6.45) is 0. The Bertz CT molecular complexity index is 1360. The van der Waals surface area contributed by atoms with Crippen LogP contribution in [0.5, 0.6) is 0 Å². The van der Waals surface area contributed by atoms with E-state index in [0.29, 0.717) is 22.9 Å². The Balaban J connectivity index is 1.48. The van der Waals surface area contributed by atoms with E-state index < -0.39 is 11.7 Å². The van der Waals surface area contributed by atoms with Crippen LogP contribution >= 0.6 is 11.3 Å². The summed E-state index contributed by atoms with van der Waals surface area (Å²) in [5.41, 5.74) is 2.68. The number of amides is 1. The van der Waals surface area contributed by atoms with Crippen molar-refractivity contribution in [1.82, 2.24) is 19.8 Å². The van der Waals surface area contributed by atoms with Gasteiger partial charge in [0.15, 0.2) is 11.5 Å². The first-order valence-electron chi connectivity index (χ1n) is 9.12. The van der Waals surface area contributed by atoms with Gasteiger partial charge in [0.25, 0.3) is 5.91 Å². The van der Waals surface area contributed by atoms with Crippen molar-refractivity contribution in [2.45, 2.75) is 0 Å². The van der Waals surface area contributed by atoms with Crippen molar-refractivity contribution in [3.05, 3.63) is 89.6 Å². The van der Waals surface area contributed by atoms with Gasteiger partial charge in [-0.15, -0.1) is 21.5 Å². The Labute approximate surface area is 174 Å². The second-order valence-corrected chi connectivity index (χ2v) is 7.45. The molecule has 5 rings (SSSR count). The SMILES string of the molecule is O=C(Nc1cccc(-c2ccc3nnc(-c4cccs4)n3n2)c1)c1ccccc1F. The summed E-state index contributed by atoms with van der Waals surface area (Å²) in [4.78, 5) is 13.4. The maximum atomic E-state index is 13.9. The van der Waals surface area contributed by atoms with E-state index in [9.17, 15) is 9.18 Å². The molecule has 8 heteroatoms. The van der Waals surface area contributed by atoms with Crippen molar-refractivity contribution in [3.63, 3.8) is 0 Å². The highest BCUT2D eigenvalue weighted by atomic mass is 32.1. The Morgan fingerprint density at radius 3 is 2.70 bits per heavy atom. The van der Waals surface area contributed by atoms with Gasteiger partial charge < -0.3 is 5.32 Å². The largest absolute Gasteiger partial charge is 0.322 e. The lowest BCUT2D eigenvalue weighted by molar-refractivity contribution is 0.102. The minimum absolute atomic E-state index is 0.00692. The van der Waals surface area contributed by atoms with Crippen molar-refractivity contribution >= 4 is 28.6 Å². The summed E-state index contributed by atoms with van der Waals surface area (Å²) in [5, 5.41) is 17.8. The van der Waals surface area contributed by atoms with Crippen molar-refractivity contribution in [2.24, 2.45) is 0 Å². The van der Waals surface area contributed by atoms with Gasteiger partial charge in [0.1, 0.15) is 5.82 Å². The van der Waals surface area contributed by atoms with E-state index in [1.54, 1.807) is 40.1 Å². The molecule has 0 unspecified atom stereocenters. The fourth-order valence-electron chi connectivity index (χ4n) is 3.10. The zero-order chi connectivity index (χ0) is 20.5. The van der Waals surface area contributed by atoms with E-state index in [-0.39, 0.29) is 5.56 Å². The van der Waals surface area contributed by atoms with E-state index in [1.807, 2.05) is 41.8 Å². The number of thiophene rings is 1. The molecule has 0 radical (unpaired) electrons. The first-order chi connectivity index (χ1) is 14.7.